The molecule has 0 aliphatic carbocycles. The summed E-state index contributed by atoms with van der Waals surface area (Å²) in [5.41, 5.74) is 4.14. The van der Waals surface area contributed by atoms with E-state index in [0.717, 1.165) is 35.1 Å². The van der Waals surface area contributed by atoms with Gasteiger partial charge in [0.05, 0.1) is 7.14 Å². The predicted molar refractivity (Wildman–Crippen MR) is 147 cm³/mol. The second-order valence-electron chi connectivity index (χ2n) is 6.84. The van der Waals surface area contributed by atoms with Crippen LogP contribution >= 0.6 is 67.8 Å². The van der Waals surface area contributed by atoms with Crippen molar-refractivity contribution in [2.75, 3.05) is 0 Å². The van der Waals surface area contributed by atoms with E-state index in [9.17, 15) is 4.79 Å². The van der Waals surface area contributed by atoms with Gasteiger partial charge in [0.1, 0.15) is 12.4 Å². The molecule has 3 aromatic rings. The van der Waals surface area contributed by atoms with Crippen molar-refractivity contribution in [3.05, 3.63) is 99.3 Å². The first-order valence-electron chi connectivity index (χ1n) is 9.36. The Labute approximate surface area is 221 Å². The maximum Gasteiger partial charge on any atom is 0.363 e. The zero-order valence-electron chi connectivity index (χ0n) is 16.4. The van der Waals surface area contributed by atoms with Crippen molar-refractivity contribution >= 4 is 85.7 Å². The molecule has 7 heteroatoms. The van der Waals surface area contributed by atoms with E-state index in [2.05, 4.69) is 84.9 Å². The fourth-order valence-electron chi connectivity index (χ4n) is 3.06. The second kappa shape index (κ2) is 9.99. The van der Waals surface area contributed by atoms with Crippen LogP contribution in [-0.4, -0.2) is 11.9 Å². The molecule has 0 aromatic heterocycles. The van der Waals surface area contributed by atoms with E-state index in [0.29, 0.717) is 12.5 Å². The van der Waals surface area contributed by atoms with E-state index in [1.54, 1.807) is 6.08 Å². The summed E-state index contributed by atoms with van der Waals surface area (Å²) in [6.45, 7) is 2.47. The van der Waals surface area contributed by atoms with E-state index in [1.165, 1.54) is 3.57 Å². The first kappa shape index (κ1) is 22.7. The maximum absolute atomic E-state index is 12.4. The number of halogens is 3. The van der Waals surface area contributed by atoms with Gasteiger partial charge in [-0.1, -0.05) is 36.4 Å². The fourth-order valence-corrected chi connectivity index (χ4v) is 5.73. The average Bonchev–Trinajstić information content (AvgIpc) is 3.09. The number of esters is 1. The van der Waals surface area contributed by atoms with E-state index in [4.69, 9.17) is 9.47 Å². The third kappa shape index (κ3) is 5.30. The monoisotopic (exact) mass is 747 g/mol. The van der Waals surface area contributed by atoms with Crippen LogP contribution in [-0.2, 0) is 16.1 Å². The minimum atomic E-state index is -0.442. The number of cyclic esters (lactones) is 1. The number of hydrogen-bond acceptors (Lipinski definition) is 4. The van der Waals surface area contributed by atoms with Crippen molar-refractivity contribution in [2.24, 2.45) is 4.99 Å². The lowest BCUT2D eigenvalue weighted by Gasteiger charge is -2.12. The molecule has 1 aliphatic heterocycles. The summed E-state index contributed by atoms with van der Waals surface area (Å²) in [6.07, 6.45) is 1.75. The molecule has 4 rings (SSSR count). The van der Waals surface area contributed by atoms with Crippen molar-refractivity contribution in [3.8, 4) is 5.75 Å². The van der Waals surface area contributed by atoms with Crippen LogP contribution in [0.5, 0.6) is 5.75 Å². The zero-order chi connectivity index (χ0) is 22.0. The molecule has 0 saturated heterocycles. The van der Waals surface area contributed by atoms with Gasteiger partial charge >= 0.3 is 5.97 Å². The van der Waals surface area contributed by atoms with E-state index in [1.807, 2.05) is 55.5 Å². The molecular formula is C24H16I3NO3. The van der Waals surface area contributed by atoms with Crippen LogP contribution in [0.15, 0.2) is 71.4 Å². The molecule has 3 aromatic carbocycles. The molecule has 0 unspecified atom stereocenters. The van der Waals surface area contributed by atoms with Crippen molar-refractivity contribution < 1.29 is 14.3 Å². The molecule has 1 aliphatic rings. The Kier molecular flexibility index (Phi) is 7.32. The first-order chi connectivity index (χ1) is 14.9. The largest absolute Gasteiger partial charge is 0.487 e. The lowest BCUT2D eigenvalue weighted by Crippen LogP contribution is -2.06. The van der Waals surface area contributed by atoms with Gasteiger partial charge in [0.2, 0.25) is 5.90 Å². The van der Waals surface area contributed by atoms with Crippen LogP contribution in [0.2, 0.25) is 0 Å². The molecule has 1 heterocycles. The van der Waals surface area contributed by atoms with Crippen molar-refractivity contribution in [1.82, 2.24) is 0 Å². The van der Waals surface area contributed by atoms with Gasteiger partial charge in [-0.25, -0.2) is 9.79 Å². The zero-order valence-corrected chi connectivity index (χ0v) is 22.8. The van der Waals surface area contributed by atoms with Gasteiger partial charge in [-0.3, -0.25) is 0 Å². The van der Waals surface area contributed by atoms with Crippen LogP contribution < -0.4 is 4.74 Å². The molecule has 0 amide bonds. The third-order valence-corrected chi connectivity index (χ3v) is 7.30. The molecule has 0 spiro atoms. The van der Waals surface area contributed by atoms with E-state index >= 15 is 0 Å². The molecule has 0 fully saturated rings. The highest BCUT2D eigenvalue weighted by molar-refractivity contribution is 14.1. The maximum atomic E-state index is 12.4. The minimum absolute atomic E-state index is 0.289. The number of ether oxygens (including phenoxy) is 2. The van der Waals surface area contributed by atoms with Gasteiger partial charge < -0.3 is 9.47 Å². The van der Waals surface area contributed by atoms with Gasteiger partial charge in [0.15, 0.2) is 5.70 Å². The van der Waals surface area contributed by atoms with E-state index in [-0.39, 0.29) is 5.70 Å². The quantitative estimate of drug-likeness (QED) is 0.165. The summed E-state index contributed by atoms with van der Waals surface area (Å²) >= 11 is 6.83. The van der Waals surface area contributed by atoms with E-state index < -0.39 is 5.97 Å². The smallest absolute Gasteiger partial charge is 0.363 e. The highest BCUT2D eigenvalue weighted by Gasteiger charge is 2.25. The Hall–Kier alpha value is -1.47. The van der Waals surface area contributed by atoms with Crippen LogP contribution in [0, 0.1) is 17.6 Å². The Balaban J connectivity index is 1.58. The number of nitrogens with zero attached hydrogens (tertiary/aromatic N) is 1. The number of benzene rings is 3. The topological polar surface area (TPSA) is 47.9 Å². The van der Waals surface area contributed by atoms with Crippen LogP contribution in [0.4, 0.5) is 0 Å². The first-order valence-corrected chi connectivity index (χ1v) is 12.6. The third-order valence-electron chi connectivity index (χ3n) is 4.65. The molecule has 0 N–H and O–H groups in total. The standard InChI is InChI=1S/C24H16I3NO3/c1-14-6-2-4-8-17(14)23-28-21(24(29)31-23)12-15-10-19(26)22(20(27)11-15)30-13-16-7-3-5-9-18(16)25/h2-12H,13H2,1H3/b21-12-. The lowest BCUT2D eigenvalue weighted by molar-refractivity contribution is -0.129. The molecule has 0 bridgehead atoms. The van der Waals surface area contributed by atoms with Crippen molar-refractivity contribution in [2.45, 2.75) is 13.5 Å². The number of carbonyl (C=O) groups is 1. The highest BCUT2D eigenvalue weighted by Crippen LogP contribution is 2.31. The summed E-state index contributed by atoms with van der Waals surface area (Å²) < 4.78 is 14.6. The normalized spacial score (nSPS) is 14.5. The number of carbonyl (C=O) groups excluding carboxylic acids is 1. The van der Waals surface area contributed by atoms with Gasteiger partial charge in [0.25, 0.3) is 0 Å². The highest BCUT2D eigenvalue weighted by atomic mass is 127. The molecular weight excluding hydrogens is 731 g/mol. The predicted octanol–water partition coefficient (Wildman–Crippen LogP) is 6.73. The number of hydrogen-bond donors (Lipinski definition) is 0. The SMILES string of the molecule is Cc1ccccc1C1=N/C(=C\c2cc(I)c(OCc3ccccc3I)c(I)c2)C(=O)O1. The number of aliphatic imine (C=N–C) groups is 1. The van der Waals surface area contributed by atoms with Gasteiger partial charge in [-0.05, 0) is 116 Å². The summed E-state index contributed by atoms with van der Waals surface area (Å²) in [5.74, 6) is 0.736. The van der Waals surface area contributed by atoms with Crippen LogP contribution in [0.1, 0.15) is 22.3 Å². The van der Waals surface area contributed by atoms with Gasteiger partial charge in [-0.2, -0.15) is 0 Å². The average molecular weight is 747 g/mol. The summed E-state index contributed by atoms with van der Waals surface area (Å²) in [5, 5.41) is 0. The molecule has 156 valence electrons. The minimum Gasteiger partial charge on any atom is -0.487 e. The summed E-state index contributed by atoms with van der Waals surface area (Å²) in [4.78, 5) is 16.8. The Morgan fingerprint density at radius 1 is 0.968 bits per heavy atom. The number of rotatable bonds is 5. The Morgan fingerprint density at radius 2 is 1.65 bits per heavy atom. The van der Waals surface area contributed by atoms with Crippen LogP contribution in [0.3, 0.4) is 0 Å². The van der Waals surface area contributed by atoms with Crippen molar-refractivity contribution in [3.63, 3.8) is 0 Å². The lowest BCUT2D eigenvalue weighted by atomic mass is 10.1. The van der Waals surface area contributed by atoms with Gasteiger partial charge in [-0.15, -0.1) is 0 Å². The fraction of sp³-hybridized carbons (Fsp3) is 0.0833. The molecule has 4 nitrogen and oxygen atoms in total. The molecule has 0 atom stereocenters. The van der Waals surface area contributed by atoms with Crippen LogP contribution in [0.25, 0.3) is 6.08 Å². The summed E-state index contributed by atoms with van der Waals surface area (Å²) in [6, 6.07) is 19.8. The van der Waals surface area contributed by atoms with Gasteiger partial charge in [0, 0.05) is 14.7 Å². The molecule has 31 heavy (non-hydrogen) atoms. The summed E-state index contributed by atoms with van der Waals surface area (Å²) in [7, 11) is 0. The molecule has 0 saturated carbocycles. The van der Waals surface area contributed by atoms with Crippen molar-refractivity contribution in [1.29, 1.82) is 0 Å². The second-order valence-corrected chi connectivity index (χ2v) is 10.3. The number of aryl methyl sites for hydroxylation is 1. The Bertz CT molecular complexity index is 1210. The molecule has 0 radical (unpaired) electrons. The Morgan fingerprint density at radius 3 is 2.35 bits per heavy atom.